The molecule has 0 aliphatic heterocycles. The Morgan fingerprint density at radius 3 is 2.57 bits per heavy atom. The van der Waals surface area contributed by atoms with E-state index in [4.69, 9.17) is 9.47 Å². The van der Waals surface area contributed by atoms with Crippen LogP contribution in [0.2, 0.25) is 0 Å². The number of phenolic OH excluding ortho intramolecular Hbond substituents is 1. The molecule has 0 saturated heterocycles. The number of aromatic amines is 1. The summed E-state index contributed by atoms with van der Waals surface area (Å²) in [7, 11) is 0. The second kappa shape index (κ2) is 7.88. The number of nitrogens with zero attached hydrogens (tertiary/aromatic N) is 1. The van der Waals surface area contributed by atoms with Crippen LogP contribution in [0.25, 0.3) is 11.3 Å². The van der Waals surface area contributed by atoms with Gasteiger partial charge in [0.05, 0.1) is 6.20 Å². The van der Waals surface area contributed by atoms with Crippen LogP contribution in [0.3, 0.4) is 0 Å². The maximum absolute atomic E-state index is 10.5. The summed E-state index contributed by atoms with van der Waals surface area (Å²) in [5.41, 5.74) is 3.36. The Bertz CT molecular complexity index is 1070. The molecule has 3 aromatic carbocycles. The number of hydrogen-bond donors (Lipinski definition) is 2. The average Bonchev–Trinajstić information content (AvgIpc) is 3.15. The molecule has 0 spiro atoms. The zero-order valence-corrected chi connectivity index (χ0v) is 15.4. The van der Waals surface area contributed by atoms with Crippen LogP contribution < -0.4 is 9.47 Å². The van der Waals surface area contributed by atoms with Gasteiger partial charge in [-0.15, -0.1) is 0 Å². The highest BCUT2D eigenvalue weighted by Gasteiger charge is 2.15. The molecule has 140 valence electrons. The van der Waals surface area contributed by atoms with Gasteiger partial charge in [0.2, 0.25) is 0 Å². The van der Waals surface area contributed by atoms with Gasteiger partial charge in [0.15, 0.2) is 5.75 Å². The van der Waals surface area contributed by atoms with Crippen molar-refractivity contribution in [1.82, 2.24) is 10.2 Å². The Morgan fingerprint density at radius 2 is 1.79 bits per heavy atom. The summed E-state index contributed by atoms with van der Waals surface area (Å²) in [6.07, 6.45) is 1.59. The molecule has 0 amide bonds. The van der Waals surface area contributed by atoms with Gasteiger partial charge in [-0.3, -0.25) is 5.10 Å². The molecule has 5 nitrogen and oxygen atoms in total. The molecule has 0 bridgehead atoms. The third kappa shape index (κ3) is 3.99. The molecule has 0 fully saturated rings. The van der Waals surface area contributed by atoms with Crippen LogP contribution in [0.4, 0.5) is 0 Å². The second-order valence-corrected chi connectivity index (χ2v) is 6.48. The number of H-pyrrole nitrogens is 1. The monoisotopic (exact) mass is 372 g/mol. The van der Waals surface area contributed by atoms with E-state index in [1.165, 1.54) is 0 Å². The van der Waals surface area contributed by atoms with Crippen LogP contribution >= 0.6 is 0 Å². The number of hydrogen-bond acceptors (Lipinski definition) is 4. The number of rotatable bonds is 6. The van der Waals surface area contributed by atoms with Gasteiger partial charge in [-0.25, -0.2) is 0 Å². The first-order valence-electron chi connectivity index (χ1n) is 8.97. The van der Waals surface area contributed by atoms with E-state index in [2.05, 4.69) is 10.2 Å². The molecule has 0 atom stereocenters. The molecular formula is C23H20N2O3. The van der Waals surface area contributed by atoms with Crippen molar-refractivity contribution in [3.63, 3.8) is 0 Å². The van der Waals surface area contributed by atoms with Crippen LogP contribution in [-0.2, 0) is 6.61 Å². The van der Waals surface area contributed by atoms with E-state index < -0.39 is 0 Å². The smallest absolute Gasteiger partial charge is 0.173 e. The number of aryl methyl sites for hydroxylation is 1. The van der Waals surface area contributed by atoms with Gasteiger partial charge < -0.3 is 14.6 Å². The minimum atomic E-state index is 0.0869. The highest BCUT2D eigenvalue weighted by atomic mass is 16.5. The van der Waals surface area contributed by atoms with E-state index in [-0.39, 0.29) is 5.75 Å². The molecular weight excluding hydrogens is 352 g/mol. The molecule has 28 heavy (non-hydrogen) atoms. The van der Waals surface area contributed by atoms with Crippen molar-refractivity contribution >= 4 is 0 Å². The van der Waals surface area contributed by atoms with Gasteiger partial charge in [-0.1, -0.05) is 42.5 Å². The number of benzene rings is 3. The summed E-state index contributed by atoms with van der Waals surface area (Å²) < 4.78 is 11.7. The zero-order chi connectivity index (χ0) is 19.3. The Balaban J connectivity index is 1.53. The van der Waals surface area contributed by atoms with Crippen molar-refractivity contribution in [3.8, 4) is 34.3 Å². The fourth-order valence-electron chi connectivity index (χ4n) is 2.90. The van der Waals surface area contributed by atoms with E-state index in [9.17, 15) is 5.11 Å². The molecule has 0 saturated carbocycles. The van der Waals surface area contributed by atoms with Crippen molar-refractivity contribution in [1.29, 1.82) is 0 Å². The van der Waals surface area contributed by atoms with Crippen LogP contribution in [-0.4, -0.2) is 15.3 Å². The minimum Gasteiger partial charge on any atom is -0.507 e. The predicted molar refractivity (Wildman–Crippen MR) is 108 cm³/mol. The summed E-state index contributed by atoms with van der Waals surface area (Å²) >= 11 is 0. The van der Waals surface area contributed by atoms with Crippen molar-refractivity contribution in [2.45, 2.75) is 13.5 Å². The first kappa shape index (κ1) is 17.7. The predicted octanol–water partition coefficient (Wildman–Crippen LogP) is 5.46. The number of nitrogens with one attached hydrogen (secondary N) is 1. The normalized spacial score (nSPS) is 10.6. The summed E-state index contributed by atoms with van der Waals surface area (Å²) in [4.78, 5) is 0. The lowest BCUT2D eigenvalue weighted by molar-refractivity contribution is 0.304. The molecule has 4 rings (SSSR count). The Hall–Kier alpha value is -3.73. The standard InChI is InChI=1S/C23H20N2O3/c1-16-6-5-9-19(12-16)28-22-14-24-25-23(22)20-11-10-18(13-21(20)26)27-15-17-7-3-2-4-8-17/h2-14,26H,15H2,1H3,(H,24,25). The third-order valence-corrected chi connectivity index (χ3v) is 4.31. The first-order valence-corrected chi connectivity index (χ1v) is 8.97. The van der Waals surface area contributed by atoms with Crippen LogP contribution in [0.5, 0.6) is 23.0 Å². The molecule has 0 radical (unpaired) electrons. The summed E-state index contributed by atoms with van der Waals surface area (Å²) in [6, 6.07) is 22.8. The molecule has 0 aliphatic rings. The molecule has 2 N–H and O–H groups in total. The average molecular weight is 372 g/mol. The van der Waals surface area contributed by atoms with Gasteiger partial charge in [-0.05, 0) is 42.3 Å². The SMILES string of the molecule is Cc1cccc(Oc2cn[nH]c2-c2ccc(OCc3ccccc3)cc2O)c1. The summed E-state index contributed by atoms with van der Waals surface area (Å²) in [5.74, 6) is 1.93. The Kier molecular flexibility index (Phi) is 4.97. The van der Waals surface area contributed by atoms with Gasteiger partial charge in [0, 0.05) is 11.6 Å². The lowest BCUT2D eigenvalue weighted by Crippen LogP contribution is -1.95. The van der Waals surface area contributed by atoms with E-state index in [0.29, 0.717) is 35.1 Å². The number of ether oxygens (including phenoxy) is 2. The maximum atomic E-state index is 10.5. The van der Waals surface area contributed by atoms with Gasteiger partial charge >= 0.3 is 0 Å². The van der Waals surface area contributed by atoms with E-state index in [1.54, 1.807) is 18.3 Å². The largest absolute Gasteiger partial charge is 0.507 e. The first-order chi connectivity index (χ1) is 13.7. The zero-order valence-electron chi connectivity index (χ0n) is 15.4. The second-order valence-electron chi connectivity index (χ2n) is 6.48. The molecule has 5 heteroatoms. The number of aromatic nitrogens is 2. The highest BCUT2D eigenvalue weighted by Crippen LogP contribution is 2.38. The van der Waals surface area contributed by atoms with Crippen LogP contribution in [0.15, 0.2) is 79.0 Å². The molecule has 4 aromatic rings. The van der Waals surface area contributed by atoms with Crippen molar-refractivity contribution in [3.05, 3.63) is 90.1 Å². The van der Waals surface area contributed by atoms with Gasteiger partial charge in [0.1, 0.15) is 29.5 Å². The van der Waals surface area contributed by atoms with Gasteiger partial charge in [0.25, 0.3) is 0 Å². The Morgan fingerprint density at radius 1 is 0.929 bits per heavy atom. The molecule has 1 heterocycles. The van der Waals surface area contributed by atoms with Crippen molar-refractivity contribution < 1.29 is 14.6 Å². The summed E-state index contributed by atoms with van der Waals surface area (Å²) in [6.45, 7) is 2.44. The van der Waals surface area contributed by atoms with Crippen molar-refractivity contribution in [2.24, 2.45) is 0 Å². The topological polar surface area (TPSA) is 67.4 Å². The van der Waals surface area contributed by atoms with Crippen LogP contribution in [0, 0.1) is 6.92 Å². The minimum absolute atomic E-state index is 0.0869. The molecule has 0 aliphatic carbocycles. The van der Waals surface area contributed by atoms with Crippen molar-refractivity contribution in [2.75, 3.05) is 0 Å². The fourth-order valence-corrected chi connectivity index (χ4v) is 2.90. The molecule has 1 aromatic heterocycles. The third-order valence-electron chi connectivity index (χ3n) is 4.31. The molecule has 0 unspecified atom stereocenters. The van der Waals surface area contributed by atoms with Crippen LogP contribution in [0.1, 0.15) is 11.1 Å². The number of phenols is 1. The van der Waals surface area contributed by atoms with E-state index >= 15 is 0 Å². The fraction of sp³-hybridized carbons (Fsp3) is 0.0870. The van der Waals surface area contributed by atoms with E-state index in [0.717, 1.165) is 11.1 Å². The van der Waals surface area contributed by atoms with E-state index in [1.807, 2.05) is 67.6 Å². The van der Waals surface area contributed by atoms with Gasteiger partial charge in [-0.2, -0.15) is 5.10 Å². The highest BCUT2D eigenvalue weighted by molar-refractivity contribution is 5.73. The lowest BCUT2D eigenvalue weighted by atomic mass is 10.1. The maximum Gasteiger partial charge on any atom is 0.173 e. The quantitative estimate of drug-likeness (QED) is 0.471. The summed E-state index contributed by atoms with van der Waals surface area (Å²) in [5, 5.41) is 17.5. The number of aromatic hydroxyl groups is 1. The Labute approximate surface area is 163 Å². The lowest BCUT2D eigenvalue weighted by Gasteiger charge is -2.10.